The summed E-state index contributed by atoms with van der Waals surface area (Å²) in [5, 5.41) is 6.38. The summed E-state index contributed by atoms with van der Waals surface area (Å²) in [6.45, 7) is 0.346. The molecule has 154 valence electrons. The normalized spacial score (nSPS) is 10.3. The SMILES string of the molecule is O=C(COc1ccc(C(=O)NCCc2ccccc2)cc1)Nc1cc(Cl)ccc1Cl. The zero-order valence-electron chi connectivity index (χ0n) is 16.0. The van der Waals surface area contributed by atoms with Crippen LogP contribution in [0.5, 0.6) is 5.75 Å². The van der Waals surface area contributed by atoms with Crippen molar-refractivity contribution in [3.05, 3.63) is 94.0 Å². The molecule has 30 heavy (non-hydrogen) atoms. The number of anilines is 1. The number of amides is 2. The van der Waals surface area contributed by atoms with Gasteiger partial charge < -0.3 is 15.4 Å². The first-order valence-corrected chi connectivity index (χ1v) is 10.1. The molecule has 0 saturated carbocycles. The number of carbonyl (C=O) groups is 2. The number of rotatable bonds is 8. The number of benzene rings is 3. The molecule has 0 spiro atoms. The van der Waals surface area contributed by atoms with Gasteiger partial charge in [0.25, 0.3) is 11.8 Å². The highest BCUT2D eigenvalue weighted by Crippen LogP contribution is 2.25. The molecule has 0 radical (unpaired) electrons. The van der Waals surface area contributed by atoms with Gasteiger partial charge in [0.15, 0.2) is 6.61 Å². The van der Waals surface area contributed by atoms with Gasteiger partial charge in [-0.1, -0.05) is 53.5 Å². The minimum Gasteiger partial charge on any atom is -0.484 e. The predicted molar refractivity (Wildman–Crippen MR) is 120 cm³/mol. The molecule has 7 heteroatoms. The third kappa shape index (κ3) is 6.51. The molecule has 5 nitrogen and oxygen atoms in total. The predicted octanol–water partition coefficient (Wildman–Crippen LogP) is 4.98. The first-order chi connectivity index (χ1) is 14.5. The monoisotopic (exact) mass is 442 g/mol. The molecule has 2 amide bonds. The Morgan fingerprint density at radius 2 is 1.63 bits per heavy atom. The molecule has 3 aromatic carbocycles. The van der Waals surface area contributed by atoms with Crippen LogP contribution in [0.3, 0.4) is 0 Å². The maximum absolute atomic E-state index is 12.2. The second kappa shape index (κ2) is 10.7. The van der Waals surface area contributed by atoms with Crippen molar-refractivity contribution in [3.63, 3.8) is 0 Å². The maximum atomic E-state index is 12.2. The Bertz CT molecular complexity index is 1010. The van der Waals surface area contributed by atoms with Crippen molar-refractivity contribution in [2.75, 3.05) is 18.5 Å². The van der Waals surface area contributed by atoms with E-state index >= 15 is 0 Å². The number of halogens is 2. The maximum Gasteiger partial charge on any atom is 0.262 e. The van der Waals surface area contributed by atoms with Gasteiger partial charge in [-0.15, -0.1) is 0 Å². The molecule has 0 fully saturated rings. The molecule has 2 N–H and O–H groups in total. The molecule has 0 bridgehead atoms. The van der Waals surface area contributed by atoms with E-state index in [1.54, 1.807) is 42.5 Å². The second-order valence-corrected chi connectivity index (χ2v) is 7.32. The van der Waals surface area contributed by atoms with Crippen LogP contribution in [-0.4, -0.2) is 25.0 Å². The molecule has 0 aliphatic carbocycles. The second-order valence-electron chi connectivity index (χ2n) is 6.48. The van der Waals surface area contributed by atoms with Crippen LogP contribution in [0.25, 0.3) is 0 Å². The lowest BCUT2D eigenvalue weighted by Gasteiger charge is -2.10. The van der Waals surface area contributed by atoms with Crippen LogP contribution < -0.4 is 15.4 Å². The van der Waals surface area contributed by atoms with E-state index in [1.807, 2.05) is 30.3 Å². The summed E-state index contributed by atoms with van der Waals surface area (Å²) < 4.78 is 5.46. The molecule has 3 rings (SSSR count). The molecule has 0 atom stereocenters. The van der Waals surface area contributed by atoms with E-state index in [0.717, 1.165) is 6.42 Å². The Labute approximate surface area is 185 Å². The van der Waals surface area contributed by atoms with E-state index in [-0.39, 0.29) is 18.4 Å². The summed E-state index contributed by atoms with van der Waals surface area (Å²) in [4.78, 5) is 24.3. The zero-order chi connectivity index (χ0) is 21.3. The lowest BCUT2D eigenvalue weighted by molar-refractivity contribution is -0.118. The Morgan fingerprint density at radius 3 is 2.37 bits per heavy atom. The Balaban J connectivity index is 1.45. The summed E-state index contributed by atoms with van der Waals surface area (Å²) in [6.07, 6.45) is 0.763. The summed E-state index contributed by atoms with van der Waals surface area (Å²) in [5.74, 6) is -0.0594. The van der Waals surface area contributed by atoms with Gasteiger partial charge in [-0.3, -0.25) is 9.59 Å². The first kappa shape index (κ1) is 21.7. The van der Waals surface area contributed by atoms with E-state index < -0.39 is 0 Å². The van der Waals surface area contributed by atoms with Crippen molar-refractivity contribution in [1.82, 2.24) is 5.32 Å². The van der Waals surface area contributed by atoms with Crippen LogP contribution in [0.15, 0.2) is 72.8 Å². The molecular formula is C23H20Cl2N2O3. The van der Waals surface area contributed by atoms with Gasteiger partial charge in [0.05, 0.1) is 10.7 Å². The fourth-order valence-electron chi connectivity index (χ4n) is 2.70. The molecule has 0 heterocycles. The van der Waals surface area contributed by atoms with Crippen LogP contribution >= 0.6 is 23.2 Å². The van der Waals surface area contributed by atoms with Crippen LogP contribution in [-0.2, 0) is 11.2 Å². The highest BCUT2D eigenvalue weighted by Gasteiger charge is 2.09. The highest BCUT2D eigenvalue weighted by atomic mass is 35.5. The lowest BCUT2D eigenvalue weighted by atomic mass is 10.1. The van der Waals surface area contributed by atoms with Crippen LogP contribution in [0.2, 0.25) is 10.0 Å². The smallest absolute Gasteiger partial charge is 0.262 e. The van der Waals surface area contributed by atoms with Gasteiger partial charge >= 0.3 is 0 Å². The Kier molecular flexibility index (Phi) is 7.71. The minimum absolute atomic E-state index is 0.161. The minimum atomic E-state index is -0.373. The molecule has 0 aromatic heterocycles. The van der Waals surface area contributed by atoms with Crippen LogP contribution in [0, 0.1) is 0 Å². The van der Waals surface area contributed by atoms with Crippen molar-refractivity contribution in [1.29, 1.82) is 0 Å². The van der Waals surface area contributed by atoms with E-state index in [2.05, 4.69) is 10.6 Å². The summed E-state index contributed by atoms with van der Waals surface area (Å²) in [5.41, 5.74) is 2.10. The number of carbonyl (C=O) groups excluding carboxylic acids is 2. The van der Waals surface area contributed by atoms with Crippen molar-refractivity contribution >= 4 is 40.7 Å². The molecule has 0 saturated heterocycles. The van der Waals surface area contributed by atoms with Crippen molar-refractivity contribution in [2.45, 2.75) is 6.42 Å². The zero-order valence-corrected chi connectivity index (χ0v) is 17.5. The fourth-order valence-corrected chi connectivity index (χ4v) is 3.03. The average molecular weight is 443 g/mol. The van der Waals surface area contributed by atoms with Gasteiger partial charge in [-0.05, 0) is 54.4 Å². The number of hydrogen-bond donors (Lipinski definition) is 2. The van der Waals surface area contributed by atoms with Gasteiger partial charge in [0.2, 0.25) is 0 Å². The number of nitrogens with one attached hydrogen (secondary N) is 2. The fraction of sp³-hybridized carbons (Fsp3) is 0.130. The Morgan fingerprint density at radius 1 is 0.900 bits per heavy atom. The molecule has 0 unspecified atom stereocenters. The quantitative estimate of drug-likeness (QED) is 0.516. The van der Waals surface area contributed by atoms with Crippen molar-refractivity contribution < 1.29 is 14.3 Å². The molecule has 3 aromatic rings. The first-order valence-electron chi connectivity index (χ1n) is 9.31. The number of hydrogen-bond acceptors (Lipinski definition) is 3. The van der Waals surface area contributed by atoms with E-state index in [9.17, 15) is 9.59 Å². The van der Waals surface area contributed by atoms with Crippen molar-refractivity contribution in [2.24, 2.45) is 0 Å². The third-order valence-corrected chi connectivity index (χ3v) is 4.80. The molecule has 0 aliphatic rings. The van der Waals surface area contributed by atoms with Crippen LogP contribution in [0.4, 0.5) is 5.69 Å². The summed E-state index contributed by atoms with van der Waals surface area (Å²) in [7, 11) is 0. The lowest BCUT2D eigenvalue weighted by Crippen LogP contribution is -2.25. The standard InChI is InChI=1S/C23H20Cl2N2O3/c24-18-8-11-20(25)21(14-18)27-22(28)15-30-19-9-6-17(7-10-19)23(29)26-13-12-16-4-2-1-3-5-16/h1-11,14H,12-13,15H2,(H,26,29)(H,27,28). The van der Waals surface area contributed by atoms with Gasteiger partial charge in [0, 0.05) is 17.1 Å². The van der Waals surface area contributed by atoms with Crippen LogP contribution in [0.1, 0.15) is 15.9 Å². The topological polar surface area (TPSA) is 67.4 Å². The summed E-state index contributed by atoms with van der Waals surface area (Å²) in [6, 6.07) is 21.3. The number of ether oxygens (including phenoxy) is 1. The van der Waals surface area contributed by atoms with Gasteiger partial charge in [0.1, 0.15) is 5.75 Å². The van der Waals surface area contributed by atoms with Crippen molar-refractivity contribution in [3.8, 4) is 5.75 Å². The largest absolute Gasteiger partial charge is 0.484 e. The van der Waals surface area contributed by atoms with E-state index in [4.69, 9.17) is 27.9 Å². The van der Waals surface area contributed by atoms with Gasteiger partial charge in [-0.25, -0.2) is 0 Å². The highest BCUT2D eigenvalue weighted by molar-refractivity contribution is 6.35. The van der Waals surface area contributed by atoms with Gasteiger partial charge in [-0.2, -0.15) is 0 Å². The summed E-state index contributed by atoms with van der Waals surface area (Å²) >= 11 is 11.9. The molecular weight excluding hydrogens is 423 g/mol. The van der Waals surface area contributed by atoms with E-state index in [0.29, 0.717) is 33.6 Å². The Hall–Kier alpha value is -3.02. The molecule has 0 aliphatic heterocycles. The average Bonchev–Trinajstić information content (AvgIpc) is 2.76. The van der Waals surface area contributed by atoms with E-state index in [1.165, 1.54) is 5.56 Å². The third-order valence-electron chi connectivity index (χ3n) is 4.23.